The molecular formula is C14H17BrN2O2. The van der Waals surface area contributed by atoms with Crippen LogP contribution in [0.5, 0.6) is 0 Å². The van der Waals surface area contributed by atoms with Crippen LogP contribution >= 0.6 is 15.9 Å². The Morgan fingerprint density at radius 1 is 1.47 bits per heavy atom. The highest BCUT2D eigenvalue weighted by Gasteiger charge is 2.18. The Labute approximate surface area is 121 Å². The zero-order chi connectivity index (χ0) is 14.3. The van der Waals surface area contributed by atoms with E-state index in [1.165, 1.54) is 0 Å². The second kappa shape index (κ2) is 7.74. The number of hydrogen-bond acceptors (Lipinski definition) is 2. The third-order valence-corrected chi connectivity index (χ3v) is 3.13. The van der Waals surface area contributed by atoms with Gasteiger partial charge in [-0.25, -0.2) is 0 Å². The summed E-state index contributed by atoms with van der Waals surface area (Å²) >= 11 is 3.29. The molecule has 2 amide bonds. The van der Waals surface area contributed by atoms with Crippen molar-refractivity contribution in [1.82, 2.24) is 5.32 Å². The number of carbonyl (C=O) groups is 2. The quantitative estimate of drug-likeness (QED) is 0.597. The number of allylic oxidation sites excluding steroid dienone is 1. The van der Waals surface area contributed by atoms with Crippen molar-refractivity contribution in [3.8, 4) is 0 Å². The van der Waals surface area contributed by atoms with Gasteiger partial charge in [-0.3, -0.25) is 9.59 Å². The number of hydrogen-bond donors (Lipinski definition) is 2. The van der Waals surface area contributed by atoms with E-state index in [4.69, 9.17) is 5.73 Å². The van der Waals surface area contributed by atoms with Crippen molar-refractivity contribution >= 4 is 27.7 Å². The number of nitrogens with two attached hydrogens (primary N) is 1. The Kier molecular flexibility index (Phi) is 6.29. The van der Waals surface area contributed by atoms with Crippen LogP contribution in [0.3, 0.4) is 0 Å². The summed E-state index contributed by atoms with van der Waals surface area (Å²) in [4.78, 5) is 23.3. The van der Waals surface area contributed by atoms with Crippen LogP contribution in [0.2, 0.25) is 0 Å². The molecule has 0 unspecified atom stereocenters. The van der Waals surface area contributed by atoms with Crippen molar-refractivity contribution in [2.45, 2.75) is 25.3 Å². The highest BCUT2D eigenvalue weighted by molar-refractivity contribution is 9.10. The van der Waals surface area contributed by atoms with E-state index in [1.807, 2.05) is 6.07 Å². The molecule has 4 nitrogen and oxygen atoms in total. The summed E-state index contributed by atoms with van der Waals surface area (Å²) < 4.78 is 0.808. The second-order valence-corrected chi connectivity index (χ2v) is 5.07. The van der Waals surface area contributed by atoms with Gasteiger partial charge in [-0.05, 0) is 37.5 Å². The number of rotatable bonds is 7. The molecule has 0 radical (unpaired) electrons. The fourth-order valence-corrected chi connectivity index (χ4v) is 2.02. The Balaban J connectivity index is 2.65. The average molecular weight is 325 g/mol. The number of nitrogens with one attached hydrogen (secondary N) is 1. The first-order valence-corrected chi connectivity index (χ1v) is 6.80. The lowest BCUT2D eigenvalue weighted by atomic mass is 10.1. The van der Waals surface area contributed by atoms with Gasteiger partial charge in [-0.1, -0.05) is 28.1 Å². The van der Waals surface area contributed by atoms with Gasteiger partial charge in [0.2, 0.25) is 5.91 Å². The van der Waals surface area contributed by atoms with E-state index in [0.29, 0.717) is 12.0 Å². The van der Waals surface area contributed by atoms with Gasteiger partial charge in [0.15, 0.2) is 0 Å². The third kappa shape index (κ3) is 5.26. The van der Waals surface area contributed by atoms with E-state index in [1.54, 1.807) is 24.3 Å². The van der Waals surface area contributed by atoms with Crippen LogP contribution in [0.1, 0.15) is 29.6 Å². The standard InChI is InChI=1S/C14H17BrN2O2/c1-2-3-4-8-12(13(16)18)17-14(19)10-6-5-7-11(15)9-10/h2,5-7,9,12H,1,3-4,8H2,(H2,16,18)(H,17,19)/t12-/m0/s1. The van der Waals surface area contributed by atoms with Crippen LogP contribution in [0, 0.1) is 0 Å². The summed E-state index contributed by atoms with van der Waals surface area (Å²) in [5.74, 6) is -0.823. The first-order valence-electron chi connectivity index (χ1n) is 6.01. The zero-order valence-electron chi connectivity index (χ0n) is 10.6. The van der Waals surface area contributed by atoms with E-state index < -0.39 is 11.9 Å². The van der Waals surface area contributed by atoms with E-state index in [2.05, 4.69) is 27.8 Å². The van der Waals surface area contributed by atoms with Crippen LogP contribution in [0.4, 0.5) is 0 Å². The van der Waals surface area contributed by atoms with Gasteiger partial charge in [0.05, 0.1) is 0 Å². The van der Waals surface area contributed by atoms with Crippen molar-refractivity contribution < 1.29 is 9.59 Å². The fourth-order valence-electron chi connectivity index (χ4n) is 1.62. The Morgan fingerprint density at radius 2 is 2.21 bits per heavy atom. The van der Waals surface area contributed by atoms with Crippen molar-refractivity contribution in [2.24, 2.45) is 5.73 Å². The van der Waals surface area contributed by atoms with Crippen LogP contribution in [0.15, 0.2) is 41.4 Å². The number of halogens is 1. The minimum Gasteiger partial charge on any atom is -0.368 e. The number of benzene rings is 1. The van der Waals surface area contributed by atoms with E-state index >= 15 is 0 Å². The number of amides is 2. The summed E-state index contributed by atoms with van der Waals surface area (Å²) in [5, 5.41) is 2.65. The molecule has 0 saturated carbocycles. The molecular weight excluding hydrogens is 308 g/mol. The van der Waals surface area contributed by atoms with E-state index in [0.717, 1.165) is 17.3 Å². The van der Waals surface area contributed by atoms with E-state index in [-0.39, 0.29) is 5.91 Å². The van der Waals surface area contributed by atoms with Gasteiger partial charge < -0.3 is 11.1 Å². The molecule has 0 aliphatic rings. The summed E-state index contributed by atoms with van der Waals surface area (Å²) in [5.41, 5.74) is 5.78. The Hall–Kier alpha value is -1.62. The number of unbranched alkanes of at least 4 members (excludes halogenated alkanes) is 1. The molecule has 0 saturated heterocycles. The lowest BCUT2D eigenvalue weighted by Gasteiger charge is -2.15. The molecule has 1 rings (SSSR count). The van der Waals surface area contributed by atoms with Crippen LogP contribution < -0.4 is 11.1 Å². The maximum Gasteiger partial charge on any atom is 0.251 e. The van der Waals surface area contributed by atoms with Gasteiger partial charge in [0.25, 0.3) is 5.91 Å². The van der Waals surface area contributed by atoms with Crippen LogP contribution in [-0.4, -0.2) is 17.9 Å². The molecule has 1 aromatic carbocycles. The molecule has 0 aliphatic carbocycles. The van der Waals surface area contributed by atoms with Gasteiger partial charge in [-0.2, -0.15) is 0 Å². The monoisotopic (exact) mass is 324 g/mol. The molecule has 0 spiro atoms. The van der Waals surface area contributed by atoms with Gasteiger partial charge in [0.1, 0.15) is 6.04 Å². The molecule has 5 heteroatoms. The van der Waals surface area contributed by atoms with Crippen LogP contribution in [-0.2, 0) is 4.79 Å². The highest BCUT2D eigenvalue weighted by Crippen LogP contribution is 2.12. The van der Waals surface area contributed by atoms with Crippen molar-refractivity contribution in [3.05, 3.63) is 47.0 Å². The lowest BCUT2D eigenvalue weighted by molar-refractivity contribution is -0.120. The highest BCUT2D eigenvalue weighted by atomic mass is 79.9. The predicted molar refractivity (Wildman–Crippen MR) is 78.6 cm³/mol. The topological polar surface area (TPSA) is 72.2 Å². The van der Waals surface area contributed by atoms with Crippen molar-refractivity contribution in [3.63, 3.8) is 0 Å². The first kappa shape index (κ1) is 15.4. The fraction of sp³-hybridized carbons (Fsp3) is 0.286. The minimum atomic E-state index is -0.647. The third-order valence-electron chi connectivity index (χ3n) is 2.64. The maximum atomic E-state index is 12.0. The molecule has 0 bridgehead atoms. The summed E-state index contributed by atoms with van der Waals surface area (Å²) in [6.07, 6.45) is 3.84. The molecule has 3 N–H and O–H groups in total. The maximum absolute atomic E-state index is 12.0. The molecule has 102 valence electrons. The molecule has 0 aromatic heterocycles. The predicted octanol–water partition coefficient (Wildman–Crippen LogP) is 2.39. The zero-order valence-corrected chi connectivity index (χ0v) is 12.2. The summed E-state index contributed by atoms with van der Waals surface area (Å²) in [7, 11) is 0. The largest absolute Gasteiger partial charge is 0.368 e. The normalized spacial score (nSPS) is 11.6. The minimum absolute atomic E-state index is 0.302. The smallest absolute Gasteiger partial charge is 0.251 e. The summed E-state index contributed by atoms with van der Waals surface area (Å²) in [6.45, 7) is 3.61. The average Bonchev–Trinajstić information content (AvgIpc) is 2.37. The van der Waals surface area contributed by atoms with E-state index in [9.17, 15) is 9.59 Å². The summed E-state index contributed by atoms with van der Waals surface area (Å²) in [6, 6.07) is 6.31. The first-order chi connectivity index (χ1) is 9.04. The Bertz CT molecular complexity index is 474. The second-order valence-electron chi connectivity index (χ2n) is 4.16. The molecule has 1 atom stereocenters. The molecule has 0 aliphatic heterocycles. The van der Waals surface area contributed by atoms with Gasteiger partial charge in [-0.15, -0.1) is 6.58 Å². The lowest BCUT2D eigenvalue weighted by Crippen LogP contribution is -2.44. The van der Waals surface area contributed by atoms with Crippen LogP contribution in [0.25, 0.3) is 0 Å². The molecule has 1 aromatic rings. The van der Waals surface area contributed by atoms with Gasteiger partial charge in [0, 0.05) is 10.0 Å². The van der Waals surface area contributed by atoms with Crippen molar-refractivity contribution in [1.29, 1.82) is 0 Å². The number of primary amides is 1. The van der Waals surface area contributed by atoms with Crippen molar-refractivity contribution in [2.75, 3.05) is 0 Å². The molecule has 0 fully saturated rings. The van der Waals surface area contributed by atoms with Gasteiger partial charge >= 0.3 is 0 Å². The molecule has 0 heterocycles. The number of carbonyl (C=O) groups excluding carboxylic acids is 2. The molecule has 19 heavy (non-hydrogen) atoms. The Morgan fingerprint density at radius 3 is 2.79 bits per heavy atom. The SMILES string of the molecule is C=CCCC[C@H](NC(=O)c1cccc(Br)c1)C(N)=O.